The number of piperidine rings is 1. The summed E-state index contributed by atoms with van der Waals surface area (Å²) in [6.07, 6.45) is 6.01. The average Bonchev–Trinajstić information content (AvgIpc) is 3.27. The first-order chi connectivity index (χ1) is 19.2. The number of pyridine rings is 2. The van der Waals surface area contributed by atoms with Crippen molar-refractivity contribution in [1.29, 1.82) is 0 Å². The number of nitrogens with zero attached hydrogens (tertiary/aromatic N) is 4. The molecule has 0 radical (unpaired) electrons. The average molecular weight is 512 g/mol. The molecule has 1 fully saturated rings. The van der Waals surface area contributed by atoms with Crippen molar-refractivity contribution in [1.82, 2.24) is 24.4 Å². The Morgan fingerprint density at radius 3 is 2.31 bits per heavy atom. The third kappa shape index (κ3) is 4.14. The van der Waals surface area contributed by atoms with Gasteiger partial charge in [0, 0.05) is 29.8 Å². The third-order valence-corrected chi connectivity index (χ3v) is 8.01. The maximum atomic E-state index is 13.5. The van der Waals surface area contributed by atoms with Crippen LogP contribution in [-0.2, 0) is 7.05 Å². The standard InChI is InChI=1S/C33H29N5O/c1-37-31-21-36-30-14-9-25(26-10-13-29(35-20-26)24-5-3-2-4-6-24)19-28(30)32(31)38(33(37)39)27-11-7-22(8-12-27)23-15-17-34-18-16-23/h2-14,19-21,23,34H,15-18H2,1H3. The highest BCUT2D eigenvalue weighted by Gasteiger charge is 2.19. The van der Waals surface area contributed by atoms with Gasteiger partial charge in [0.15, 0.2) is 0 Å². The second-order valence-corrected chi connectivity index (χ2v) is 10.3. The number of nitrogens with one attached hydrogen (secondary N) is 1. The van der Waals surface area contributed by atoms with E-state index in [0.29, 0.717) is 5.92 Å². The molecule has 1 aliphatic heterocycles. The highest BCUT2D eigenvalue weighted by Crippen LogP contribution is 2.31. The first-order valence-corrected chi connectivity index (χ1v) is 13.5. The monoisotopic (exact) mass is 511 g/mol. The van der Waals surface area contributed by atoms with Gasteiger partial charge < -0.3 is 5.32 Å². The molecular formula is C33H29N5O. The zero-order valence-electron chi connectivity index (χ0n) is 21.8. The maximum absolute atomic E-state index is 13.5. The van der Waals surface area contributed by atoms with Gasteiger partial charge in [-0.3, -0.25) is 19.1 Å². The van der Waals surface area contributed by atoms with E-state index in [2.05, 4.69) is 71.0 Å². The van der Waals surface area contributed by atoms with Gasteiger partial charge in [-0.15, -0.1) is 0 Å². The number of benzene rings is 3. The van der Waals surface area contributed by atoms with Gasteiger partial charge in [0.25, 0.3) is 0 Å². The van der Waals surface area contributed by atoms with Crippen LogP contribution in [0.3, 0.4) is 0 Å². The number of rotatable bonds is 4. The summed E-state index contributed by atoms with van der Waals surface area (Å²) >= 11 is 0. The lowest BCUT2D eigenvalue weighted by atomic mass is 9.90. The summed E-state index contributed by atoms with van der Waals surface area (Å²) in [5.41, 5.74) is 8.75. The van der Waals surface area contributed by atoms with Gasteiger partial charge in [0.05, 0.1) is 34.1 Å². The smallest absolute Gasteiger partial charge is 0.317 e. The van der Waals surface area contributed by atoms with Crippen molar-refractivity contribution in [3.05, 3.63) is 113 Å². The number of aryl methyl sites for hydroxylation is 1. The van der Waals surface area contributed by atoms with Crippen molar-refractivity contribution in [3.8, 4) is 28.1 Å². The van der Waals surface area contributed by atoms with Crippen LogP contribution in [-0.4, -0.2) is 32.2 Å². The zero-order chi connectivity index (χ0) is 26.3. The summed E-state index contributed by atoms with van der Waals surface area (Å²) in [6.45, 7) is 2.11. The number of fused-ring (bicyclic) bond motifs is 3. The van der Waals surface area contributed by atoms with E-state index in [1.165, 1.54) is 5.56 Å². The lowest BCUT2D eigenvalue weighted by Crippen LogP contribution is -2.26. The molecule has 1 N–H and O–H groups in total. The quantitative estimate of drug-likeness (QED) is 0.312. The molecule has 6 heteroatoms. The van der Waals surface area contributed by atoms with Crippen LogP contribution in [0.4, 0.5) is 0 Å². The molecule has 3 aromatic heterocycles. The minimum atomic E-state index is -0.0757. The Kier molecular flexibility index (Phi) is 5.82. The summed E-state index contributed by atoms with van der Waals surface area (Å²) in [5, 5.41) is 4.38. The van der Waals surface area contributed by atoms with Crippen LogP contribution in [0.5, 0.6) is 0 Å². The van der Waals surface area contributed by atoms with E-state index < -0.39 is 0 Å². The molecule has 0 bridgehead atoms. The van der Waals surface area contributed by atoms with Crippen LogP contribution in [0, 0.1) is 0 Å². The molecule has 6 aromatic rings. The van der Waals surface area contributed by atoms with Crippen LogP contribution < -0.4 is 11.0 Å². The maximum Gasteiger partial charge on any atom is 0.333 e. The molecule has 0 spiro atoms. The first-order valence-electron chi connectivity index (χ1n) is 13.5. The number of hydrogen-bond acceptors (Lipinski definition) is 4. The van der Waals surface area contributed by atoms with Crippen LogP contribution in [0.25, 0.3) is 50.0 Å². The topological polar surface area (TPSA) is 64.7 Å². The Morgan fingerprint density at radius 2 is 1.56 bits per heavy atom. The van der Waals surface area contributed by atoms with Crippen LogP contribution in [0.1, 0.15) is 24.3 Å². The van der Waals surface area contributed by atoms with E-state index in [1.807, 2.05) is 42.1 Å². The molecule has 0 aliphatic carbocycles. The van der Waals surface area contributed by atoms with Crippen molar-refractivity contribution in [3.63, 3.8) is 0 Å². The summed E-state index contributed by atoms with van der Waals surface area (Å²) in [4.78, 5) is 22.9. The molecule has 3 aromatic carbocycles. The Bertz CT molecular complexity index is 1850. The fourth-order valence-electron chi connectivity index (χ4n) is 5.81. The lowest BCUT2D eigenvalue weighted by Gasteiger charge is -2.23. The fourth-order valence-corrected chi connectivity index (χ4v) is 5.81. The predicted octanol–water partition coefficient (Wildman–Crippen LogP) is 6.07. The Morgan fingerprint density at radius 1 is 0.795 bits per heavy atom. The molecule has 1 saturated heterocycles. The van der Waals surface area contributed by atoms with E-state index in [4.69, 9.17) is 4.98 Å². The van der Waals surface area contributed by atoms with E-state index in [9.17, 15) is 4.79 Å². The second-order valence-electron chi connectivity index (χ2n) is 10.3. The van der Waals surface area contributed by atoms with Crippen LogP contribution >= 0.6 is 0 Å². The van der Waals surface area contributed by atoms with Gasteiger partial charge in [-0.05, 0) is 73.3 Å². The van der Waals surface area contributed by atoms with Gasteiger partial charge in [-0.25, -0.2) is 4.79 Å². The highest BCUT2D eigenvalue weighted by molar-refractivity contribution is 6.04. The Hall–Kier alpha value is -4.55. The van der Waals surface area contributed by atoms with Crippen molar-refractivity contribution in [2.75, 3.05) is 13.1 Å². The number of aromatic nitrogens is 4. The van der Waals surface area contributed by atoms with Crippen molar-refractivity contribution < 1.29 is 0 Å². The van der Waals surface area contributed by atoms with Crippen molar-refractivity contribution >= 4 is 21.9 Å². The molecular weight excluding hydrogens is 482 g/mol. The summed E-state index contributed by atoms with van der Waals surface area (Å²) in [5.74, 6) is 0.569. The summed E-state index contributed by atoms with van der Waals surface area (Å²) in [6, 6.07) is 29.1. The van der Waals surface area contributed by atoms with Gasteiger partial charge in [-0.1, -0.05) is 54.6 Å². The number of hydrogen-bond donors (Lipinski definition) is 1. The van der Waals surface area contributed by atoms with Gasteiger partial charge in [0.2, 0.25) is 0 Å². The van der Waals surface area contributed by atoms with Gasteiger partial charge in [0.1, 0.15) is 0 Å². The normalized spacial score (nSPS) is 14.3. The fraction of sp³-hybridized carbons (Fsp3) is 0.182. The molecule has 4 heterocycles. The van der Waals surface area contributed by atoms with Crippen LogP contribution in [0.2, 0.25) is 0 Å². The summed E-state index contributed by atoms with van der Waals surface area (Å²) in [7, 11) is 1.81. The van der Waals surface area contributed by atoms with E-state index in [-0.39, 0.29) is 5.69 Å². The molecule has 6 nitrogen and oxygen atoms in total. The molecule has 0 atom stereocenters. The second kappa shape index (κ2) is 9.64. The lowest BCUT2D eigenvalue weighted by molar-refractivity contribution is 0.460. The van der Waals surface area contributed by atoms with Crippen LogP contribution in [0.15, 0.2) is 102 Å². The van der Waals surface area contributed by atoms with E-state index >= 15 is 0 Å². The molecule has 39 heavy (non-hydrogen) atoms. The SMILES string of the molecule is Cn1c(=O)n(-c2ccc(C3CCNCC3)cc2)c2c3cc(-c4ccc(-c5ccccc5)nc4)ccc3ncc21. The van der Waals surface area contributed by atoms with E-state index in [0.717, 1.165) is 75.9 Å². The van der Waals surface area contributed by atoms with Crippen molar-refractivity contribution in [2.24, 2.45) is 7.05 Å². The zero-order valence-corrected chi connectivity index (χ0v) is 21.8. The molecule has 0 saturated carbocycles. The van der Waals surface area contributed by atoms with Gasteiger partial charge in [-0.2, -0.15) is 0 Å². The Labute approximate surface area is 226 Å². The molecule has 1 aliphatic rings. The molecule has 0 amide bonds. The minimum absolute atomic E-state index is 0.0757. The molecule has 192 valence electrons. The largest absolute Gasteiger partial charge is 0.333 e. The summed E-state index contributed by atoms with van der Waals surface area (Å²) < 4.78 is 3.51. The first kappa shape index (κ1) is 23.6. The molecule has 0 unspecified atom stereocenters. The Balaban J connectivity index is 1.34. The number of imidazole rings is 1. The highest BCUT2D eigenvalue weighted by atomic mass is 16.1. The van der Waals surface area contributed by atoms with Crippen molar-refractivity contribution in [2.45, 2.75) is 18.8 Å². The van der Waals surface area contributed by atoms with Gasteiger partial charge >= 0.3 is 5.69 Å². The molecule has 7 rings (SSSR count). The third-order valence-electron chi connectivity index (χ3n) is 8.01. The predicted molar refractivity (Wildman–Crippen MR) is 157 cm³/mol. The van der Waals surface area contributed by atoms with E-state index in [1.54, 1.807) is 10.8 Å². The minimum Gasteiger partial charge on any atom is -0.317 e.